The standard InChI is InChI=1S/C22H26N4O3/c1-14(2)19(26-22(29)25-16-6-4-3-5-7-16)21(28)24-17-10-8-15(9-11-17)20(27)23-18-12-13-18/h3-11,14,18-19H,12-13H2,1-2H3,(H,23,27)(H,24,28)(H2,25,26,29). The topological polar surface area (TPSA) is 99.3 Å². The molecule has 0 heterocycles. The van der Waals surface area contributed by atoms with Crippen molar-refractivity contribution in [1.82, 2.24) is 10.6 Å². The molecule has 1 saturated carbocycles. The van der Waals surface area contributed by atoms with Gasteiger partial charge in [-0.05, 0) is 55.2 Å². The average Bonchev–Trinajstić information content (AvgIpc) is 3.51. The Balaban J connectivity index is 1.57. The molecule has 29 heavy (non-hydrogen) atoms. The Kier molecular flexibility index (Phi) is 6.49. The Morgan fingerprint density at radius 1 is 0.862 bits per heavy atom. The largest absolute Gasteiger partial charge is 0.349 e. The summed E-state index contributed by atoms with van der Waals surface area (Å²) < 4.78 is 0. The van der Waals surface area contributed by atoms with Gasteiger partial charge in [0.1, 0.15) is 6.04 Å². The molecule has 0 aromatic heterocycles. The van der Waals surface area contributed by atoms with Gasteiger partial charge < -0.3 is 21.3 Å². The van der Waals surface area contributed by atoms with Crippen LogP contribution in [-0.2, 0) is 4.79 Å². The van der Waals surface area contributed by atoms with E-state index >= 15 is 0 Å². The van der Waals surface area contributed by atoms with Crippen molar-refractivity contribution >= 4 is 29.2 Å². The Labute approximate surface area is 170 Å². The summed E-state index contributed by atoms with van der Waals surface area (Å²) in [4.78, 5) is 37.0. The first-order chi connectivity index (χ1) is 13.9. The predicted octanol–water partition coefficient (Wildman–Crippen LogP) is 3.36. The highest BCUT2D eigenvalue weighted by Gasteiger charge is 2.25. The van der Waals surface area contributed by atoms with Gasteiger partial charge >= 0.3 is 6.03 Å². The monoisotopic (exact) mass is 394 g/mol. The van der Waals surface area contributed by atoms with Gasteiger partial charge in [0.2, 0.25) is 5.91 Å². The summed E-state index contributed by atoms with van der Waals surface area (Å²) in [7, 11) is 0. The SMILES string of the molecule is CC(C)C(NC(=O)Nc1ccccc1)C(=O)Nc1ccc(C(=O)NC2CC2)cc1. The first-order valence-corrected chi connectivity index (χ1v) is 9.76. The lowest BCUT2D eigenvalue weighted by Gasteiger charge is -2.22. The highest BCUT2D eigenvalue weighted by atomic mass is 16.2. The van der Waals surface area contributed by atoms with Gasteiger partial charge in [-0.1, -0.05) is 32.0 Å². The summed E-state index contributed by atoms with van der Waals surface area (Å²) in [6.07, 6.45) is 2.06. The molecule has 2 aromatic rings. The number of rotatable bonds is 7. The van der Waals surface area contributed by atoms with Gasteiger partial charge in [-0.15, -0.1) is 0 Å². The van der Waals surface area contributed by atoms with Crippen molar-refractivity contribution in [2.75, 3.05) is 10.6 Å². The van der Waals surface area contributed by atoms with Gasteiger partial charge in [0.15, 0.2) is 0 Å². The molecule has 2 aromatic carbocycles. The molecule has 3 rings (SSSR count). The van der Waals surface area contributed by atoms with E-state index in [9.17, 15) is 14.4 Å². The number of carbonyl (C=O) groups excluding carboxylic acids is 3. The summed E-state index contributed by atoms with van der Waals surface area (Å²) in [6.45, 7) is 3.72. The number of carbonyl (C=O) groups is 3. The number of nitrogens with one attached hydrogen (secondary N) is 4. The molecule has 1 fully saturated rings. The lowest BCUT2D eigenvalue weighted by Crippen LogP contribution is -2.48. The number of anilines is 2. The minimum absolute atomic E-state index is 0.107. The Morgan fingerprint density at radius 2 is 1.48 bits per heavy atom. The first kappa shape index (κ1) is 20.4. The molecule has 152 valence electrons. The maximum Gasteiger partial charge on any atom is 0.319 e. The zero-order valence-corrected chi connectivity index (χ0v) is 16.6. The second-order valence-electron chi connectivity index (χ2n) is 7.50. The number of amides is 4. The molecule has 0 spiro atoms. The van der Waals surface area contributed by atoms with Gasteiger partial charge in [0.05, 0.1) is 0 Å². The summed E-state index contributed by atoms with van der Waals surface area (Å²) in [5, 5.41) is 11.2. The molecule has 0 radical (unpaired) electrons. The number of para-hydroxylation sites is 1. The molecule has 7 heteroatoms. The minimum atomic E-state index is -0.712. The van der Waals surface area contributed by atoms with Crippen LogP contribution in [-0.4, -0.2) is 29.9 Å². The number of benzene rings is 2. The second-order valence-corrected chi connectivity index (χ2v) is 7.50. The third kappa shape index (κ3) is 6.07. The van der Waals surface area contributed by atoms with Crippen molar-refractivity contribution in [1.29, 1.82) is 0 Å². The van der Waals surface area contributed by atoms with Crippen molar-refractivity contribution in [3.8, 4) is 0 Å². The lowest BCUT2D eigenvalue weighted by atomic mass is 10.0. The second kappa shape index (κ2) is 9.23. The van der Waals surface area contributed by atoms with Crippen LogP contribution in [0.5, 0.6) is 0 Å². The van der Waals surface area contributed by atoms with Crippen LogP contribution in [0.1, 0.15) is 37.0 Å². The van der Waals surface area contributed by atoms with Gasteiger partial charge in [-0.25, -0.2) is 4.79 Å². The zero-order valence-electron chi connectivity index (χ0n) is 16.6. The molecule has 1 atom stereocenters. The van der Waals surface area contributed by atoms with Gasteiger partial charge in [0.25, 0.3) is 5.91 Å². The molecule has 0 bridgehead atoms. The maximum absolute atomic E-state index is 12.7. The summed E-state index contributed by atoms with van der Waals surface area (Å²) in [5.74, 6) is -0.539. The van der Waals surface area contributed by atoms with E-state index < -0.39 is 12.1 Å². The van der Waals surface area contributed by atoms with Gasteiger partial charge in [0, 0.05) is 23.0 Å². The summed E-state index contributed by atoms with van der Waals surface area (Å²) >= 11 is 0. The average molecular weight is 394 g/mol. The van der Waals surface area contributed by atoms with E-state index in [1.165, 1.54) is 0 Å². The van der Waals surface area contributed by atoms with Crippen molar-refractivity contribution < 1.29 is 14.4 Å². The molecular weight excluding hydrogens is 368 g/mol. The van der Waals surface area contributed by atoms with E-state index in [4.69, 9.17) is 0 Å². The fourth-order valence-electron chi connectivity index (χ4n) is 2.79. The normalized spacial score (nSPS) is 14.0. The fourth-order valence-corrected chi connectivity index (χ4v) is 2.79. The Morgan fingerprint density at radius 3 is 2.07 bits per heavy atom. The van der Waals surface area contributed by atoms with E-state index in [1.54, 1.807) is 36.4 Å². The predicted molar refractivity (Wildman–Crippen MR) is 113 cm³/mol. The highest BCUT2D eigenvalue weighted by molar-refractivity contribution is 6.00. The molecule has 4 N–H and O–H groups in total. The molecule has 1 aliphatic rings. The van der Waals surface area contributed by atoms with Gasteiger partial charge in [-0.2, -0.15) is 0 Å². The molecule has 4 amide bonds. The summed E-state index contributed by atoms with van der Waals surface area (Å²) in [6, 6.07) is 14.9. The molecule has 0 saturated heterocycles. The third-order valence-corrected chi connectivity index (χ3v) is 4.59. The maximum atomic E-state index is 12.7. The van der Waals surface area contributed by atoms with Crippen LogP contribution in [0.2, 0.25) is 0 Å². The van der Waals surface area contributed by atoms with E-state index in [0.717, 1.165) is 12.8 Å². The van der Waals surface area contributed by atoms with E-state index in [1.807, 2.05) is 32.0 Å². The van der Waals surface area contributed by atoms with Crippen molar-refractivity contribution in [2.45, 2.75) is 38.8 Å². The van der Waals surface area contributed by atoms with Crippen LogP contribution < -0.4 is 21.3 Å². The third-order valence-electron chi connectivity index (χ3n) is 4.59. The molecule has 1 unspecified atom stereocenters. The number of urea groups is 1. The van der Waals surface area contributed by atoms with Crippen LogP contribution in [0.25, 0.3) is 0 Å². The van der Waals surface area contributed by atoms with Crippen molar-refractivity contribution in [2.24, 2.45) is 5.92 Å². The van der Waals surface area contributed by atoms with Crippen molar-refractivity contribution in [3.05, 3.63) is 60.2 Å². The smallest absolute Gasteiger partial charge is 0.319 e. The first-order valence-electron chi connectivity index (χ1n) is 9.76. The Hall–Kier alpha value is -3.35. The molecule has 7 nitrogen and oxygen atoms in total. The van der Waals surface area contributed by atoms with Crippen LogP contribution in [0.4, 0.5) is 16.2 Å². The number of hydrogen-bond acceptors (Lipinski definition) is 3. The Bertz CT molecular complexity index is 861. The van der Waals surface area contributed by atoms with Crippen LogP contribution in [0, 0.1) is 5.92 Å². The van der Waals surface area contributed by atoms with Crippen LogP contribution >= 0.6 is 0 Å². The zero-order chi connectivity index (χ0) is 20.8. The lowest BCUT2D eigenvalue weighted by molar-refractivity contribution is -0.118. The number of hydrogen-bond donors (Lipinski definition) is 4. The van der Waals surface area contributed by atoms with E-state index in [-0.39, 0.29) is 17.7 Å². The van der Waals surface area contributed by atoms with Gasteiger partial charge in [-0.3, -0.25) is 9.59 Å². The van der Waals surface area contributed by atoms with Crippen LogP contribution in [0.3, 0.4) is 0 Å². The van der Waals surface area contributed by atoms with E-state index in [2.05, 4.69) is 21.3 Å². The highest BCUT2D eigenvalue weighted by Crippen LogP contribution is 2.20. The quantitative estimate of drug-likeness (QED) is 0.579. The van der Waals surface area contributed by atoms with Crippen LogP contribution in [0.15, 0.2) is 54.6 Å². The molecule has 0 aliphatic heterocycles. The summed E-state index contributed by atoms with van der Waals surface area (Å²) in [5.41, 5.74) is 1.76. The van der Waals surface area contributed by atoms with Crippen molar-refractivity contribution in [3.63, 3.8) is 0 Å². The molecule has 1 aliphatic carbocycles. The van der Waals surface area contributed by atoms with E-state index in [0.29, 0.717) is 23.0 Å². The fraction of sp³-hybridized carbons (Fsp3) is 0.318. The molecular formula is C22H26N4O3. The minimum Gasteiger partial charge on any atom is -0.349 e.